The number of aromatic nitrogens is 3. The second-order valence-corrected chi connectivity index (χ2v) is 6.33. The molecule has 1 aliphatic rings. The average Bonchev–Trinajstić information content (AvgIpc) is 3.04. The molecule has 0 N–H and O–H groups in total. The van der Waals surface area contributed by atoms with Crippen molar-refractivity contribution >= 4 is 0 Å². The van der Waals surface area contributed by atoms with E-state index in [0.29, 0.717) is 17.4 Å². The van der Waals surface area contributed by atoms with Gasteiger partial charge in [0.2, 0.25) is 11.7 Å². The van der Waals surface area contributed by atoms with Gasteiger partial charge in [0.15, 0.2) is 0 Å². The standard InChI is InChI=1S/C18H17N3O2/c1-18(2)11-13(12-7-3-4-9-15(12)22-18)17-20-16(21-23-17)14-8-5-6-10-19-14/h3-10,13H,11H2,1-2H3. The van der Waals surface area contributed by atoms with Crippen LogP contribution in [0.5, 0.6) is 5.75 Å². The molecule has 0 radical (unpaired) electrons. The Labute approximate surface area is 134 Å². The van der Waals surface area contributed by atoms with Gasteiger partial charge < -0.3 is 9.26 Å². The van der Waals surface area contributed by atoms with Gasteiger partial charge in [-0.2, -0.15) is 4.98 Å². The lowest BCUT2D eigenvalue weighted by atomic mass is 9.84. The van der Waals surface area contributed by atoms with Crippen molar-refractivity contribution in [2.24, 2.45) is 0 Å². The fraction of sp³-hybridized carbons (Fsp3) is 0.278. The smallest absolute Gasteiger partial charge is 0.234 e. The fourth-order valence-electron chi connectivity index (χ4n) is 3.00. The Kier molecular flexibility index (Phi) is 3.15. The van der Waals surface area contributed by atoms with Crippen molar-refractivity contribution < 1.29 is 9.26 Å². The van der Waals surface area contributed by atoms with Crippen LogP contribution in [0.15, 0.2) is 53.2 Å². The second-order valence-electron chi connectivity index (χ2n) is 6.33. The molecule has 116 valence electrons. The van der Waals surface area contributed by atoms with E-state index in [0.717, 1.165) is 17.7 Å². The molecule has 3 heterocycles. The summed E-state index contributed by atoms with van der Waals surface area (Å²) in [5.41, 5.74) is 1.52. The van der Waals surface area contributed by atoms with E-state index >= 15 is 0 Å². The maximum absolute atomic E-state index is 6.06. The van der Waals surface area contributed by atoms with Gasteiger partial charge in [0, 0.05) is 18.2 Å². The lowest BCUT2D eigenvalue weighted by Crippen LogP contribution is -2.35. The Bertz CT molecular complexity index is 827. The van der Waals surface area contributed by atoms with Crippen LogP contribution in [0.2, 0.25) is 0 Å². The fourth-order valence-corrected chi connectivity index (χ4v) is 3.00. The summed E-state index contributed by atoms with van der Waals surface area (Å²) in [4.78, 5) is 8.84. The molecule has 23 heavy (non-hydrogen) atoms. The van der Waals surface area contributed by atoms with E-state index in [1.54, 1.807) is 6.20 Å². The Hall–Kier alpha value is -2.69. The van der Waals surface area contributed by atoms with Crippen LogP contribution in [0.25, 0.3) is 11.5 Å². The first-order chi connectivity index (χ1) is 11.1. The molecule has 5 nitrogen and oxygen atoms in total. The molecule has 1 aliphatic heterocycles. The summed E-state index contributed by atoms with van der Waals surface area (Å²) in [6, 6.07) is 13.7. The quantitative estimate of drug-likeness (QED) is 0.720. The third-order valence-electron chi connectivity index (χ3n) is 4.01. The summed E-state index contributed by atoms with van der Waals surface area (Å²) in [6.07, 6.45) is 2.51. The monoisotopic (exact) mass is 307 g/mol. The van der Waals surface area contributed by atoms with Crippen molar-refractivity contribution in [3.63, 3.8) is 0 Å². The number of hydrogen-bond donors (Lipinski definition) is 0. The van der Waals surface area contributed by atoms with Gasteiger partial charge in [-0.3, -0.25) is 4.98 Å². The van der Waals surface area contributed by atoms with Gasteiger partial charge in [0.05, 0.1) is 5.92 Å². The zero-order chi connectivity index (χ0) is 15.9. The van der Waals surface area contributed by atoms with Gasteiger partial charge in [0.1, 0.15) is 17.0 Å². The van der Waals surface area contributed by atoms with Crippen LogP contribution in [0, 0.1) is 0 Å². The van der Waals surface area contributed by atoms with Crippen LogP contribution in [-0.2, 0) is 0 Å². The Balaban J connectivity index is 1.75. The van der Waals surface area contributed by atoms with Crippen LogP contribution >= 0.6 is 0 Å². The molecule has 2 aromatic heterocycles. The van der Waals surface area contributed by atoms with Gasteiger partial charge in [-0.05, 0) is 32.0 Å². The summed E-state index contributed by atoms with van der Waals surface area (Å²) < 4.78 is 11.6. The predicted octanol–water partition coefficient (Wildman–Crippen LogP) is 3.82. The SMILES string of the molecule is CC1(C)CC(c2nc(-c3ccccn3)no2)c2ccccc2O1. The lowest BCUT2D eigenvalue weighted by molar-refractivity contribution is 0.0725. The molecule has 0 saturated heterocycles. The molecule has 3 aromatic rings. The van der Waals surface area contributed by atoms with Crippen molar-refractivity contribution in [1.29, 1.82) is 0 Å². The molecular formula is C18H17N3O2. The Morgan fingerprint density at radius 3 is 2.74 bits per heavy atom. The molecule has 5 heteroatoms. The molecule has 0 amide bonds. The van der Waals surface area contributed by atoms with Crippen molar-refractivity contribution in [2.45, 2.75) is 31.8 Å². The van der Waals surface area contributed by atoms with E-state index in [1.165, 1.54) is 0 Å². The summed E-state index contributed by atoms with van der Waals surface area (Å²) in [5, 5.41) is 4.09. The van der Waals surface area contributed by atoms with E-state index in [1.807, 2.05) is 36.4 Å². The Morgan fingerprint density at radius 2 is 1.91 bits per heavy atom. The van der Waals surface area contributed by atoms with Crippen molar-refractivity contribution in [3.05, 3.63) is 60.1 Å². The molecule has 0 saturated carbocycles. The number of para-hydroxylation sites is 1. The highest BCUT2D eigenvalue weighted by atomic mass is 16.5. The highest BCUT2D eigenvalue weighted by Gasteiger charge is 2.37. The van der Waals surface area contributed by atoms with Gasteiger partial charge in [-0.25, -0.2) is 0 Å². The molecule has 0 fully saturated rings. The maximum atomic E-state index is 6.06. The number of fused-ring (bicyclic) bond motifs is 1. The zero-order valence-electron chi connectivity index (χ0n) is 13.1. The normalized spacial score (nSPS) is 19.0. The largest absolute Gasteiger partial charge is 0.488 e. The topological polar surface area (TPSA) is 61.0 Å². The van der Waals surface area contributed by atoms with Crippen LogP contribution in [0.4, 0.5) is 0 Å². The minimum atomic E-state index is -0.279. The minimum Gasteiger partial charge on any atom is -0.488 e. The zero-order valence-corrected chi connectivity index (χ0v) is 13.1. The van der Waals surface area contributed by atoms with E-state index in [4.69, 9.17) is 9.26 Å². The number of pyridine rings is 1. The Morgan fingerprint density at radius 1 is 1.09 bits per heavy atom. The van der Waals surface area contributed by atoms with Gasteiger partial charge in [-0.15, -0.1) is 0 Å². The molecule has 1 aromatic carbocycles. The van der Waals surface area contributed by atoms with E-state index in [9.17, 15) is 0 Å². The molecule has 0 bridgehead atoms. The van der Waals surface area contributed by atoms with E-state index in [2.05, 4.69) is 35.0 Å². The van der Waals surface area contributed by atoms with Crippen molar-refractivity contribution in [1.82, 2.24) is 15.1 Å². The highest BCUT2D eigenvalue weighted by Crippen LogP contribution is 2.43. The van der Waals surface area contributed by atoms with Crippen LogP contribution in [0.1, 0.15) is 37.6 Å². The summed E-state index contributed by atoms with van der Waals surface area (Å²) >= 11 is 0. The average molecular weight is 307 g/mol. The molecule has 1 unspecified atom stereocenters. The first-order valence-corrected chi connectivity index (χ1v) is 7.65. The molecular weight excluding hydrogens is 290 g/mol. The predicted molar refractivity (Wildman–Crippen MR) is 85.1 cm³/mol. The van der Waals surface area contributed by atoms with Gasteiger partial charge in [-0.1, -0.05) is 29.4 Å². The van der Waals surface area contributed by atoms with Gasteiger partial charge in [0.25, 0.3) is 0 Å². The number of benzene rings is 1. The second kappa shape index (κ2) is 5.19. The first kappa shape index (κ1) is 13.9. The first-order valence-electron chi connectivity index (χ1n) is 7.65. The molecule has 0 spiro atoms. The van der Waals surface area contributed by atoms with Crippen molar-refractivity contribution in [3.8, 4) is 17.3 Å². The number of hydrogen-bond acceptors (Lipinski definition) is 5. The number of nitrogens with zero attached hydrogens (tertiary/aromatic N) is 3. The van der Waals surface area contributed by atoms with E-state index < -0.39 is 0 Å². The van der Waals surface area contributed by atoms with Crippen LogP contribution in [-0.4, -0.2) is 20.7 Å². The summed E-state index contributed by atoms with van der Waals surface area (Å²) in [5.74, 6) is 2.03. The van der Waals surface area contributed by atoms with Crippen molar-refractivity contribution in [2.75, 3.05) is 0 Å². The molecule has 1 atom stereocenters. The van der Waals surface area contributed by atoms with Crippen LogP contribution in [0.3, 0.4) is 0 Å². The van der Waals surface area contributed by atoms with Crippen LogP contribution < -0.4 is 4.74 Å². The highest BCUT2D eigenvalue weighted by molar-refractivity contribution is 5.48. The van der Waals surface area contributed by atoms with Gasteiger partial charge >= 0.3 is 0 Å². The minimum absolute atomic E-state index is 0.0277. The third-order valence-corrected chi connectivity index (χ3v) is 4.01. The molecule has 0 aliphatic carbocycles. The number of ether oxygens (including phenoxy) is 1. The third kappa shape index (κ3) is 2.59. The molecule has 4 rings (SSSR count). The maximum Gasteiger partial charge on any atom is 0.234 e. The lowest BCUT2D eigenvalue weighted by Gasteiger charge is -2.36. The summed E-state index contributed by atoms with van der Waals surface area (Å²) in [6.45, 7) is 4.15. The summed E-state index contributed by atoms with van der Waals surface area (Å²) in [7, 11) is 0. The number of rotatable bonds is 2. The van der Waals surface area contributed by atoms with E-state index in [-0.39, 0.29) is 11.5 Å².